The van der Waals surface area contributed by atoms with Crippen LogP contribution in [0, 0.1) is 0 Å². The van der Waals surface area contributed by atoms with E-state index in [0.29, 0.717) is 13.0 Å². The molecule has 0 atom stereocenters. The maximum Gasteiger partial charge on any atom is 0.303 e. The van der Waals surface area contributed by atoms with Gasteiger partial charge in [0.2, 0.25) is 5.91 Å². The minimum absolute atomic E-state index is 0.163. The summed E-state index contributed by atoms with van der Waals surface area (Å²) in [6.45, 7) is 5.12. The Bertz CT molecular complexity index is 423. The number of nitrogens with one attached hydrogen (secondary N) is 1. The van der Waals surface area contributed by atoms with Gasteiger partial charge in [0, 0.05) is 13.0 Å². The minimum atomic E-state index is -3.44. The third-order valence-corrected chi connectivity index (χ3v) is 5.40. The van der Waals surface area contributed by atoms with Crippen LogP contribution in [0.15, 0.2) is 0 Å². The van der Waals surface area contributed by atoms with Gasteiger partial charge in [-0.15, -0.1) is 0 Å². The van der Waals surface area contributed by atoms with Gasteiger partial charge in [-0.05, 0) is 33.6 Å². The van der Waals surface area contributed by atoms with Gasteiger partial charge in [-0.2, -0.15) is 0 Å². The standard InChI is InChI=1S/C13H25NO5S/c1-13(2,3)20(18,19)10-11(15)14-9-7-5-4-6-8-12(16)17/h4-10H2,1-3H3,(H,14,15)(H,16,17). The number of hydrogen-bond donors (Lipinski definition) is 2. The van der Waals surface area contributed by atoms with Crippen molar-refractivity contribution in [3.63, 3.8) is 0 Å². The Balaban J connectivity index is 3.78. The van der Waals surface area contributed by atoms with Gasteiger partial charge < -0.3 is 10.4 Å². The summed E-state index contributed by atoms with van der Waals surface area (Å²) >= 11 is 0. The number of rotatable bonds is 9. The van der Waals surface area contributed by atoms with Gasteiger partial charge >= 0.3 is 5.97 Å². The van der Waals surface area contributed by atoms with Gasteiger partial charge in [0.05, 0.1) is 4.75 Å². The van der Waals surface area contributed by atoms with Crippen molar-refractivity contribution in [2.24, 2.45) is 0 Å². The molecule has 0 fully saturated rings. The van der Waals surface area contributed by atoms with Gasteiger partial charge in [-0.3, -0.25) is 9.59 Å². The monoisotopic (exact) mass is 307 g/mol. The molecule has 0 aliphatic rings. The van der Waals surface area contributed by atoms with Crippen molar-refractivity contribution < 1.29 is 23.1 Å². The van der Waals surface area contributed by atoms with Crippen LogP contribution in [0.5, 0.6) is 0 Å². The molecule has 0 rings (SSSR count). The second kappa shape index (κ2) is 8.24. The molecule has 0 radical (unpaired) electrons. The summed E-state index contributed by atoms with van der Waals surface area (Å²) in [6.07, 6.45) is 3.13. The number of unbranched alkanes of at least 4 members (excludes halogenated alkanes) is 3. The summed E-state index contributed by atoms with van der Waals surface area (Å²) < 4.78 is 22.6. The average molecular weight is 307 g/mol. The van der Waals surface area contributed by atoms with Gasteiger partial charge in [-0.1, -0.05) is 12.8 Å². The summed E-state index contributed by atoms with van der Waals surface area (Å²) in [6, 6.07) is 0. The average Bonchev–Trinajstić information content (AvgIpc) is 2.25. The summed E-state index contributed by atoms with van der Waals surface area (Å²) in [5.74, 6) is -1.77. The molecule has 118 valence electrons. The molecular weight excluding hydrogens is 282 g/mol. The van der Waals surface area contributed by atoms with Crippen molar-refractivity contribution in [1.82, 2.24) is 5.32 Å². The highest BCUT2D eigenvalue weighted by atomic mass is 32.2. The van der Waals surface area contributed by atoms with E-state index >= 15 is 0 Å². The zero-order valence-corrected chi connectivity index (χ0v) is 13.3. The summed E-state index contributed by atoms with van der Waals surface area (Å²) in [4.78, 5) is 21.8. The second-order valence-corrected chi connectivity index (χ2v) is 8.52. The number of hydrogen-bond acceptors (Lipinski definition) is 4. The molecule has 0 aliphatic heterocycles. The number of carbonyl (C=O) groups is 2. The van der Waals surface area contributed by atoms with E-state index in [1.54, 1.807) is 20.8 Å². The van der Waals surface area contributed by atoms with Crippen LogP contribution in [0.1, 0.15) is 52.9 Å². The highest BCUT2D eigenvalue weighted by Crippen LogP contribution is 2.15. The van der Waals surface area contributed by atoms with Gasteiger partial charge in [-0.25, -0.2) is 8.42 Å². The van der Waals surface area contributed by atoms with E-state index in [2.05, 4.69) is 5.32 Å². The lowest BCUT2D eigenvalue weighted by Crippen LogP contribution is -2.38. The van der Waals surface area contributed by atoms with E-state index in [9.17, 15) is 18.0 Å². The molecule has 20 heavy (non-hydrogen) atoms. The maximum atomic E-state index is 11.8. The van der Waals surface area contributed by atoms with Crippen LogP contribution in [0.4, 0.5) is 0 Å². The first kappa shape index (κ1) is 18.9. The van der Waals surface area contributed by atoms with Gasteiger partial charge in [0.1, 0.15) is 5.75 Å². The van der Waals surface area contributed by atoms with Crippen LogP contribution in [0.3, 0.4) is 0 Å². The molecule has 0 aromatic rings. The van der Waals surface area contributed by atoms with E-state index in [1.165, 1.54) is 0 Å². The van der Waals surface area contributed by atoms with Crippen LogP contribution >= 0.6 is 0 Å². The Morgan fingerprint density at radius 3 is 2.10 bits per heavy atom. The topological polar surface area (TPSA) is 101 Å². The third kappa shape index (κ3) is 8.14. The summed E-state index contributed by atoms with van der Waals surface area (Å²) in [5, 5.41) is 11.0. The van der Waals surface area contributed by atoms with Crippen LogP contribution in [0.25, 0.3) is 0 Å². The highest BCUT2D eigenvalue weighted by molar-refractivity contribution is 7.93. The Labute approximate surface area is 120 Å². The second-order valence-electron chi connectivity index (χ2n) is 5.78. The van der Waals surface area contributed by atoms with Gasteiger partial charge in [0.15, 0.2) is 9.84 Å². The fourth-order valence-electron chi connectivity index (χ4n) is 1.42. The normalized spacial score (nSPS) is 12.2. The first-order valence-corrected chi connectivity index (χ1v) is 8.42. The molecule has 0 saturated carbocycles. The van der Waals surface area contributed by atoms with Crippen LogP contribution in [-0.2, 0) is 19.4 Å². The fraction of sp³-hybridized carbons (Fsp3) is 0.846. The quantitative estimate of drug-likeness (QED) is 0.626. The Morgan fingerprint density at radius 1 is 1.05 bits per heavy atom. The van der Waals surface area contributed by atoms with Crippen molar-refractivity contribution in [3.05, 3.63) is 0 Å². The van der Waals surface area contributed by atoms with E-state index in [0.717, 1.165) is 19.3 Å². The lowest BCUT2D eigenvalue weighted by atomic mass is 10.1. The molecule has 1 amide bonds. The minimum Gasteiger partial charge on any atom is -0.481 e. The number of sulfone groups is 1. The molecule has 0 aliphatic carbocycles. The predicted molar refractivity (Wildman–Crippen MR) is 77.3 cm³/mol. The third-order valence-electron chi connectivity index (χ3n) is 2.89. The van der Waals surface area contributed by atoms with Crippen LogP contribution in [0.2, 0.25) is 0 Å². The molecule has 0 unspecified atom stereocenters. The number of amides is 1. The summed E-state index contributed by atoms with van der Waals surface area (Å²) in [7, 11) is -3.44. The SMILES string of the molecule is CC(C)(C)S(=O)(=O)CC(=O)NCCCCCCC(=O)O. The molecule has 2 N–H and O–H groups in total. The van der Waals surface area contributed by atoms with Gasteiger partial charge in [0.25, 0.3) is 0 Å². The van der Waals surface area contributed by atoms with Crippen molar-refractivity contribution in [2.45, 2.75) is 57.6 Å². The molecule has 0 bridgehead atoms. The first-order valence-electron chi connectivity index (χ1n) is 6.77. The van der Waals surface area contributed by atoms with E-state index in [1.807, 2.05) is 0 Å². The molecule has 0 aromatic carbocycles. The smallest absolute Gasteiger partial charge is 0.303 e. The molecular formula is C13H25NO5S. The lowest BCUT2D eigenvalue weighted by molar-refractivity contribution is -0.137. The highest BCUT2D eigenvalue weighted by Gasteiger charge is 2.30. The van der Waals surface area contributed by atoms with Crippen molar-refractivity contribution in [3.8, 4) is 0 Å². The lowest BCUT2D eigenvalue weighted by Gasteiger charge is -2.18. The zero-order chi connectivity index (χ0) is 15.8. The summed E-state index contributed by atoms with van der Waals surface area (Å²) in [5.41, 5.74) is 0. The van der Waals surface area contributed by atoms with Crippen LogP contribution < -0.4 is 5.32 Å². The molecule has 7 heteroatoms. The molecule has 0 heterocycles. The fourth-order valence-corrected chi connectivity index (χ4v) is 2.30. The number of carboxylic acids is 1. The maximum absolute atomic E-state index is 11.8. The first-order chi connectivity index (χ1) is 9.06. The Morgan fingerprint density at radius 2 is 1.60 bits per heavy atom. The van der Waals surface area contributed by atoms with E-state index in [4.69, 9.17) is 5.11 Å². The molecule has 0 saturated heterocycles. The molecule has 6 nitrogen and oxygen atoms in total. The van der Waals surface area contributed by atoms with E-state index in [-0.39, 0.29) is 6.42 Å². The Kier molecular flexibility index (Phi) is 7.78. The van der Waals surface area contributed by atoms with Crippen LogP contribution in [-0.4, -0.2) is 42.4 Å². The van der Waals surface area contributed by atoms with Crippen molar-refractivity contribution in [1.29, 1.82) is 0 Å². The molecule has 0 spiro atoms. The zero-order valence-electron chi connectivity index (χ0n) is 12.4. The predicted octanol–water partition coefficient (Wildman–Crippen LogP) is 1.35. The van der Waals surface area contributed by atoms with E-state index < -0.39 is 32.2 Å². The largest absolute Gasteiger partial charge is 0.481 e. The Hall–Kier alpha value is -1.11. The molecule has 0 aromatic heterocycles. The number of aliphatic carboxylic acids is 1. The van der Waals surface area contributed by atoms with Crippen molar-refractivity contribution in [2.75, 3.05) is 12.3 Å². The number of carbonyl (C=O) groups excluding carboxylic acids is 1. The van der Waals surface area contributed by atoms with Crippen molar-refractivity contribution >= 4 is 21.7 Å². The number of carboxylic acid groups (broad SMARTS) is 1.